The van der Waals surface area contributed by atoms with Gasteiger partial charge < -0.3 is 9.80 Å². The quantitative estimate of drug-likeness (QED) is 0.779. The van der Waals surface area contributed by atoms with Crippen molar-refractivity contribution in [2.24, 2.45) is 11.3 Å². The molecular weight excluding hydrogens is 290 g/mol. The fourth-order valence-corrected chi connectivity index (χ4v) is 3.44. The summed E-state index contributed by atoms with van der Waals surface area (Å²) in [6.07, 6.45) is 2.23. The second-order valence-corrected chi connectivity index (χ2v) is 8.26. The van der Waals surface area contributed by atoms with Gasteiger partial charge >= 0.3 is 0 Å². The summed E-state index contributed by atoms with van der Waals surface area (Å²) in [6.45, 7) is 15.0. The lowest BCUT2D eigenvalue weighted by Crippen LogP contribution is -2.57. The molecule has 2 aliphatic heterocycles. The van der Waals surface area contributed by atoms with Crippen LogP contribution in [0.5, 0.6) is 0 Å². The molecular formula is C18H33N3O2. The van der Waals surface area contributed by atoms with Gasteiger partial charge in [-0.1, -0.05) is 27.7 Å². The van der Waals surface area contributed by atoms with Crippen LogP contribution in [0.25, 0.3) is 0 Å². The number of piperidine rings is 1. The standard InChI is InChI=1S/C18H33N3O2/c1-14-6-8-20(9-7-14)16(22)15(2)19-10-12-21(13-11-19)17(23)18(3,4)5/h14-15H,6-13H2,1-5H3. The lowest BCUT2D eigenvalue weighted by molar-refractivity contribution is -0.143. The number of carbonyl (C=O) groups excluding carboxylic acids is 2. The first kappa shape index (κ1) is 18.2. The van der Waals surface area contributed by atoms with Gasteiger partial charge in [0.2, 0.25) is 11.8 Å². The van der Waals surface area contributed by atoms with Crippen molar-refractivity contribution in [2.75, 3.05) is 39.3 Å². The number of rotatable bonds is 2. The van der Waals surface area contributed by atoms with Crippen LogP contribution < -0.4 is 0 Å². The Morgan fingerprint density at radius 2 is 1.43 bits per heavy atom. The van der Waals surface area contributed by atoms with Crippen LogP contribution in [0.3, 0.4) is 0 Å². The highest BCUT2D eigenvalue weighted by Crippen LogP contribution is 2.21. The Balaban J connectivity index is 1.84. The molecule has 0 N–H and O–H groups in total. The Hall–Kier alpha value is -1.10. The molecule has 0 aromatic carbocycles. The first-order valence-corrected chi connectivity index (χ1v) is 9.02. The van der Waals surface area contributed by atoms with E-state index in [0.717, 1.165) is 58.0 Å². The maximum atomic E-state index is 12.7. The number of hydrogen-bond acceptors (Lipinski definition) is 3. The van der Waals surface area contributed by atoms with Crippen molar-refractivity contribution < 1.29 is 9.59 Å². The van der Waals surface area contributed by atoms with E-state index in [4.69, 9.17) is 0 Å². The first-order chi connectivity index (χ1) is 10.7. The number of carbonyl (C=O) groups is 2. The summed E-state index contributed by atoms with van der Waals surface area (Å²) in [5, 5.41) is 0. The topological polar surface area (TPSA) is 43.9 Å². The number of amides is 2. The van der Waals surface area contributed by atoms with Crippen LogP contribution in [0, 0.1) is 11.3 Å². The van der Waals surface area contributed by atoms with Gasteiger partial charge in [-0.05, 0) is 25.7 Å². The number of nitrogens with zero attached hydrogens (tertiary/aromatic N) is 3. The molecule has 0 radical (unpaired) electrons. The maximum Gasteiger partial charge on any atom is 0.239 e. The molecule has 5 nitrogen and oxygen atoms in total. The largest absolute Gasteiger partial charge is 0.341 e. The van der Waals surface area contributed by atoms with Gasteiger partial charge in [0.1, 0.15) is 0 Å². The Kier molecular flexibility index (Phi) is 5.71. The third-order valence-corrected chi connectivity index (χ3v) is 5.24. The SMILES string of the molecule is CC1CCN(C(=O)C(C)N2CCN(C(=O)C(C)(C)C)CC2)CC1. The van der Waals surface area contributed by atoms with Crippen LogP contribution in [0.1, 0.15) is 47.5 Å². The minimum Gasteiger partial charge on any atom is -0.341 e. The van der Waals surface area contributed by atoms with Crippen LogP contribution in [0.15, 0.2) is 0 Å². The van der Waals surface area contributed by atoms with Crippen LogP contribution >= 0.6 is 0 Å². The van der Waals surface area contributed by atoms with E-state index in [9.17, 15) is 9.59 Å². The second kappa shape index (κ2) is 7.20. The molecule has 0 aromatic heterocycles. The molecule has 23 heavy (non-hydrogen) atoms. The summed E-state index contributed by atoms with van der Waals surface area (Å²) in [5.41, 5.74) is -0.325. The lowest BCUT2D eigenvalue weighted by Gasteiger charge is -2.41. The molecule has 2 amide bonds. The molecule has 0 saturated carbocycles. The minimum atomic E-state index is -0.325. The van der Waals surface area contributed by atoms with Gasteiger partial charge in [-0.2, -0.15) is 0 Å². The fourth-order valence-electron chi connectivity index (χ4n) is 3.44. The van der Waals surface area contributed by atoms with Crippen molar-refractivity contribution >= 4 is 11.8 Å². The van der Waals surface area contributed by atoms with Crippen molar-refractivity contribution in [3.8, 4) is 0 Å². The second-order valence-electron chi connectivity index (χ2n) is 8.26. The van der Waals surface area contributed by atoms with Crippen LogP contribution in [-0.2, 0) is 9.59 Å². The average Bonchev–Trinajstić information content (AvgIpc) is 2.53. The van der Waals surface area contributed by atoms with Gasteiger partial charge in [-0.3, -0.25) is 14.5 Å². The highest BCUT2D eigenvalue weighted by Gasteiger charge is 2.33. The van der Waals surface area contributed by atoms with Gasteiger partial charge in [0.25, 0.3) is 0 Å². The van der Waals surface area contributed by atoms with E-state index in [2.05, 4.69) is 11.8 Å². The summed E-state index contributed by atoms with van der Waals surface area (Å²) in [5.74, 6) is 1.20. The van der Waals surface area contributed by atoms with E-state index in [0.29, 0.717) is 0 Å². The van der Waals surface area contributed by atoms with Crippen molar-refractivity contribution in [1.29, 1.82) is 0 Å². The van der Waals surface area contributed by atoms with Crippen molar-refractivity contribution in [3.63, 3.8) is 0 Å². The predicted molar refractivity (Wildman–Crippen MR) is 92.0 cm³/mol. The molecule has 0 aromatic rings. The number of hydrogen-bond donors (Lipinski definition) is 0. The summed E-state index contributed by atoms with van der Waals surface area (Å²) >= 11 is 0. The molecule has 132 valence electrons. The molecule has 2 fully saturated rings. The summed E-state index contributed by atoms with van der Waals surface area (Å²) in [6, 6.07) is -0.0738. The maximum absolute atomic E-state index is 12.7. The van der Waals surface area contributed by atoms with E-state index in [1.807, 2.05) is 37.5 Å². The van der Waals surface area contributed by atoms with Gasteiger partial charge in [0.15, 0.2) is 0 Å². The van der Waals surface area contributed by atoms with E-state index < -0.39 is 0 Å². The fraction of sp³-hybridized carbons (Fsp3) is 0.889. The van der Waals surface area contributed by atoms with Crippen molar-refractivity contribution in [1.82, 2.24) is 14.7 Å². The van der Waals surface area contributed by atoms with Crippen molar-refractivity contribution in [2.45, 2.75) is 53.5 Å². The average molecular weight is 323 g/mol. The molecule has 0 spiro atoms. The highest BCUT2D eigenvalue weighted by atomic mass is 16.2. The molecule has 2 saturated heterocycles. The van der Waals surface area contributed by atoms with Crippen LogP contribution in [-0.4, -0.2) is 71.8 Å². The Bertz CT molecular complexity index is 428. The third kappa shape index (κ3) is 4.46. The summed E-state index contributed by atoms with van der Waals surface area (Å²) < 4.78 is 0. The minimum absolute atomic E-state index is 0.0738. The molecule has 0 aliphatic carbocycles. The lowest BCUT2D eigenvalue weighted by atomic mass is 9.94. The van der Waals surface area contributed by atoms with Crippen molar-refractivity contribution in [3.05, 3.63) is 0 Å². The summed E-state index contributed by atoms with van der Waals surface area (Å²) in [7, 11) is 0. The number of likely N-dealkylation sites (tertiary alicyclic amines) is 1. The molecule has 1 atom stereocenters. The molecule has 2 heterocycles. The monoisotopic (exact) mass is 323 g/mol. The number of piperazine rings is 1. The third-order valence-electron chi connectivity index (χ3n) is 5.24. The zero-order chi connectivity index (χ0) is 17.2. The molecule has 2 rings (SSSR count). The Morgan fingerprint density at radius 3 is 1.91 bits per heavy atom. The van der Waals surface area contributed by atoms with E-state index in [1.165, 1.54) is 0 Å². The van der Waals surface area contributed by atoms with E-state index >= 15 is 0 Å². The molecule has 5 heteroatoms. The zero-order valence-electron chi connectivity index (χ0n) is 15.5. The van der Waals surface area contributed by atoms with E-state index in [1.54, 1.807) is 0 Å². The van der Waals surface area contributed by atoms with Crippen LogP contribution in [0.4, 0.5) is 0 Å². The first-order valence-electron chi connectivity index (χ1n) is 9.02. The smallest absolute Gasteiger partial charge is 0.239 e. The van der Waals surface area contributed by atoms with Gasteiger partial charge in [0.05, 0.1) is 6.04 Å². The summed E-state index contributed by atoms with van der Waals surface area (Å²) in [4.78, 5) is 31.2. The Labute approximate surface area is 141 Å². The van der Waals surface area contributed by atoms with Gasteiger partial charge in [-0.25, -0.2) is 0 Å². The Morgan fingerprint density at radius 1 is 0.913 bits per heavy atom. The molecule has 0 bridgehead atoms. The van der Waals surface area contributed by atoms with E-state index in [-0.39, 0.29) is 23.3 Å². The zero-order valence-corrected chi connectivity index (χ0v) is 15.5. The predicted octanol–water partition coefficient (Wildman–Crippen LogP) is 1.82. The van der Waals surface area contributed by atoms with Gasteiger partial charge in [0, 0.05) is 44.7 Å². The molecule has 1 unspecified atom stereocenters. The van der Waals surface area contributed by atoms with Gasteiger partial charge in [-0.15, -0.1) is 0 Å². The highest BCUT2D eigenvalue weighted by molar-refractivity contribution is 5.82. The molecule has 2 aliphatic rings. The normalized spacial score (nSPS) is 23.0. The van der Waals surface area contributed by atoms with Crippen LogP contribution in [0.2, 0.25) is 0 Å².